The van der Waals surface area contributed by atoms with E-state index in [-0.39, 0.29) is 5.82 Å². The van der Waals surface area contributed by atoms with Gasteiger partial charge in [0.25, 0.3) is 0 Å². The number of methoxy groups -OCH3 is 1. The minimum absolute atomic E-state index is 0.185. The molecule has 0 radical (unpaired) electrons. The number of halogens is 1. The molecule has 29 heavy (non-hydrogen) atoms. The van der Waals surface area contributed by atoms with Crippen molar-refractivity contribution >= 4 is 11.6 Å². The third kappa shape index (κ3) is 5.62. The third-order valence-corrected chi connectivity index (χ3v) is 5.48. The number of guanidine groups is 1. The topological polar surface area (TPSA) is 48.9 Å². The van der Waals surface area contributed by atoms with E-state index < -0.39 is 0 Å². The van der Waals surface area contributed by atoms with Crippen molar-refractivity contribution in [3.8, 4) is 5.75 Å². The summed E-state index contributed by atoms with van der Waals surface area (Å²) in [7, 11) is 3.51. The van der Waals surface area contributed by atoms with E-state index in [0.29, 0.717) is 5.92 Å². The van der Waals surface area contributed by atoms with Gasteiger partial charge in [-0.25, -0.2) is 4.39 Å². The van der Waals surface area contributed by atoms with Crippen molar-refractivity contribution in [1.29, 1.82) is 0 Å². The summed E-state index contributed by atoms with van der Waals surface area (Å²) in [5.41, 5.74) is 3.30. The first-order valence-corrected chi connectivity index (χ1v) is 10.2. The summed E-state index contributed by atoms with van der Waals surface area (Å²) in [5.74, 6) is 2.10. The minimum Gasteiger partial charge on any atom is -0.495 e. The van der Waals surface area contributed by atoms with Crippen LogP contribution in [-0.4, -0.2) is 46.3 Å². The van der Waals surface area contributed by atoms with Gasteiger partial charge in [-0.2, -0.15) is 0 Å². The molecule has 6 heteroatoms. The summed E-state index contributed by atoms with van der Waals surface area (Å²) in [5, 5.41) is 6.80. The molecule has 2 aromatic rings. The highest BCUT2D eigenvalue weighted by Gasteiger charge is 2.24. The fraction of sp³-hybridized carbons (Fsp3) is 0.435. The molecule has 0 aromatic heterocycles. The Bertz CT molecular complexity index is 839. The lowest BCUT2D eigenvalue weighted by molar-refractivity contribution is 0.414. The lowest BCUT2D eigenvalue weighted by Gasteiger charge is -2.21. The van der Waals surface area contributed by atoms with Crippen LogP contribution in [0.2, 0.25) is 0 Å². The Labute approximate surface area is 173 Å². The molecule has 1 aliphatic heterocycles. The molecule has 1 aliphatic rings. The Hall–Kier alpha value is -2.76. The van der Waals surface area contributed by atoms with E-state index in [1.165, 1.54) is 6.07 Å². The van der Waals surface area contributed by atoms with E-state index >= 15 is 0 Å². The molecule has 0 spiro atoms. The van der Waals surface area contributed by atoms with Gasteiger partial charge in [0.1, 0.15) is 11.6 Å². The third-order valence-electron chi connectivity index (χ3n) is 5.48. The fourth-order valence-corrected chi connectivity index (χ4v) is 3.83. The van der Waals surface area contributed by atoms with E-state index in [2.05, 4.69) is 32.7 Å². The molecule has 1 fully saturated rings. The van der Waals surface area contributed by atoms with Crippen molar-refractivity contribution in [2.75, 3.05) is 45.2 Å². The monoisotopic (exact) mass is 398 g/mol. The summed E-state index contributed by atoms with van der Waals surface area (Å²) in [6.45, 7) is 5.60. The highest BCUT2D eigenvalue weighted by atomic mass is 19.1. The van der Waals surface area contributed by atoms with Crippen LogP contribution in [0.15, 0.2) is 47.5 Å². The van der Waals surface area contributed by atoms with E-state index in [1.807, 2.05) is 25.1 Å². The molecular formula is C23H31FN4O. The van der Waals surface area contributed by atoms with Crippen LogP contribution in [0.5, 0.6) is 5.75 Å². The van der Waals surface area contributed by atoms with Gasteiger partial charge in [-0.15, -0.1) is 0 Å². The first kappa shape index (κ1) is 21.0. The number of rotatable bonds is 7. The molecule has 1 saturated heterocycles. The quantitative estimate of drug-likeness (QED) is 0.555. The Morgan fingerprint density at radius 3 is 2.83 bits per heavy atom. The highest BCUT2D eigenvalue weighted by Crippen LogP contribution is 2.31. The van der Waals surface area contributed by atoms with E-state index in [9.17, 15) is 4.39 Å². The van der Waals surface area contributed by atoms with Gasteiger partial charge in [0, 0.05) is 33.2 Å². The molecule has 1 atom stereocenters. The summed E-state index contributed by atoms with van der Waals surface area (Å²) in [6.07, 6.45) is 1.97. The molecule has 2 N–H and O–H groups in total. The number of ether oxygens (including phenoxy) is 1. The first-order chi connectivity index (χ1) is 14.1. The summed E-state index contributed by atoms with van der Waals surface area (Å²) in [6, 6.07) is 13.1. The average Bonchev–Trinajstić information content (AvgIpc) is 3.20. The number of nitrogens with zero attached hydrogens (tertiary/aromatic N) is 2. The molecule has 156 valence electrons. The molecule has 0 aliphatic carbocycles. The van der Waals surface area contributed by atoms with Gasteiger partial charge in [-0.1, -0.05) is 18.2 Å². The zero-order valence-electron chi connectivity index (χ0n) is 17.5. The smallest absolute Gasteiger partial charge is 0.190 e. The predicted molar refractivity (Wildman–Crippen MR) is 118 cm³/mol. The lowest BCUT2D eigenvalue weighted by atomic mass is 10.1. The predicted octanol–water partition coefficient (Wildman–Crippen LogP) is 3.38. The Kier molecular flexibility index (Phi) is 7.33. The number of nitrogens with one attached hydrogen (secondary N) is 2. The number of anilines is 1. The highest BCUT2D eigenvalue weighted by molar-refractivity contribution is 5.79. The maximum absolute atomic E-state index is 13.2. The molecule has 2 aromatic carbocycles. The second-order valence-electron chi connectivity index (χ2n) is 7.47. The SMILES string of the molecule is CN=C(NCCc1ccc(F)cc1C)NCC1CCN(c2ccccc2OC)C1. The fourth-order valence-electron chi connectivity index (χ4n) is 3.83. The van der Waals surface area contributed by atoms with Crippen LogP contribution in [0.4, 0.5) is 10.1 Å². The first-order valence-electron chi connectivity index (χ1n) is 10.2. The van der Waals surface area contributed by atoms with Gasteiger partial charge >= 0.3 is 0 Å². The van der Waals surface area contributed by atoms with Gasteiger partial charge < -0.3 is 20.3 Å². The van der Waals surface area contributed by atoms with Crippen molar-refractivity contribution in [2.24, 2.45) is 10.9 Å². The standard InChI is InChI=1S/C23H31FN4O/c1-17-14-20(24)9-8-19(17)10-12-26-23(25-2)27-15-18-11-13-28(16-18)21-6-4-5-7-22(21)29-3/h4-9,14,18H,10-13,15-16H2,1-3H3,(H2,25,26,27). The Morgan fingerprint density at radius 2 is 2.07 bits per heavy atom. The van der Waals surface area contributed by atoms with E-state index in [1.54, 1.807) is 20.2 Å². The van der Waals surface area contributed by atoms with Crippen LogP contribution >= 0.6 is 0 Å². The van der Waals surface area contributed by atoms with Gasteiger partial charge in [0.15, 0.2) is 5.96 Å². The normalized spacial score (nSPS) is 16.8. The van der Waals surface area contributed by atoms with E-state index in [0.717, 1.165) is 67.5 Å². The number of para-hydroxylation sites is 2. The van der Waals surface area contributed by atoms with Crippen molar-refractivity contribution in [3.05, 3.63) is 59.4 Å². The zero-order chi connectivity index (χ0) is 20.6. The summed E-state index contributed by atoms with van der Waals surface area (Å²) >= 11 is 0. The van der Waals surface area contributed by atoms with Gasteiger partial charge in [-0.05, 0) is 61.1 Å². The van der Waals surface area contributed by atoms with Gasteiger partial charge in [0.05, 0.1) is 12.8 Å². The van der Waals surface area contributed by atoms with Crippen LogP contribution in [0.1, 0.15) is 17.5 Å². The molecule has 1 heterocycles. The van der Waals surface area contributed by atoms with Crippen molar-refractivity contribution in [1.82, 2.24) is 10.6 Å². The van der Waals surface area contributed by atoms with Gasteiger partial charge in [-0.3, -0.25) is 4.99 Å². The number of hydrogen-bond acceptors (Lipinski definition) is 3. The Morgan fingerprint density at radius 1 is 1.24 bits per heavy atom. The summed E-state index contributed by atoms with van der Waals surface area (Å²) in [4.78, 5) is 6.71. The maximum Gasteiger partial charge on any atom is 0.190 e. The molecular weight excluding hydrogens is 367 g/mol. The van der Waals surface area contributed by atoms with Crippen LogP contribution in [0.3, 0.4) is 0 Å². The zero-order valence-corrected chi connectivity index (χ0v) is 17.5. The largest absolute Gasteiger partial charge is 0.495 e. The molecule has 5 nitrogen and oxygen atoms in total. The maximum atomic E-state index is 13.2. The number of aryl methyl sites for hydroxylation is 1. The summed E-state index contributed by atoms with van der Waals surface area (Å²) < 4.78 is 18.7. The minimum atomic E-state index is -0.185. The number of hydrogen-bond donors (Lipinski definition) is 2. The van der Waals surface area contributed by atoms with Crippen LogP contribution in [0, 0.1) is 18.7 Å². The van der Waals surface area contributed by atoms with Gasteiger partial charge in [0.2, 0.25) is 0 Å². The Balaban J connectivity index is 1.44. The van der Waals surface area contributed by atoms with Crippen molar-refractivity contribution in [3.63, 3.8) is 0 Å². The lowest BCUT2D eigenvalue weighted by Crippen LogP contribution is -2.41. The second-order valence-corrected chi connectivity index (χ2v) is 7.47. The van der Waals surface area contributed by atoms with Crippen LogP contribution in [0.25, 0.3) is 0 Å². The number of aliphatic imine (C=N–C) groups is 1. The molecule has 1 unspecified atom stereocenters. The molecule has 0 bridgehead atoms. The van der Waals surface area contributed by atoms with Crippen molar-refractivity contribution < 1.29 is 9.13 Å². The average molecular weight is 399 g/mol. The van der Waals surface area contributed by atoms with Crippen LogP contribution in [-0.2, 0) is 6.42 Å². The molecule has 0 amide bonds. The van der Waals surface area contributed by atoms with Crippen molar-refractivity contribution in [2.45, 2.75) is 19.8 Å². The van der Waals surface area contributed by atoms with Crippen LogP contribution < -0.4 is 20.3 Å². The second kappa shape index (κ2) is 10.1. The van der Waals surface area contributed by atoms with E-state index in [4.69, 9.17) is 4.74 Å². The molecule has 3 rings (SSSR count). The molecule has 0 saturated carbocycles. The number of benzene rings is 2.